The molecule has 3 heterocycles. The molecule has 1 unspecified atom stereocenters. The van der Waals surface area contributed by atoms with Crippen LogP contribution in [0.15, 0.2) is 17.3 Å². The van der Waals surface area contributed by atoms with Gasteiger partial charge in [0.2, 0.25) is 6.35 Å². The van der Waals surface area contributed by atoms with Gasteiger partial charge in [-0.2, -0.15) is 0 Å². The second-order valence-corrected chi connectivity index (χ2v) is 6.11. The number of esters is 1. The van der Waals surface area contributed by atoms with Crippen molar-refractivity contribution in [3.8, 4) is 0 Å². The summed E-state index contributed by atoms with van der Waals surface area (Å²) >= 11 is 0. The highest BCUT2D eigenvalue weighted by Gasteiger charge is 2.57. The molecule has 0 aliphatic carbocycles. The Bertz CT molecular complexity index is 654. The van der Waals surface area contributed by atoms with Crippen molar-refractivity contribution < 1.29 is 44.0 Å². The minimum atomic E-state index is -1.43. The van der Waals surface area contributed by atoms with Crippen LogP contribution in [0.25, 0.3) is 0 Å². The third kappa shape index (κ3) is 3.81. The van der Waals surface area contributed by atoms with Crippen LogP contribution in [0.3, 0.4) is 0 Å². The number of nitrogens with one attached hydrogen (secondary N) is 1. The van der Waals surface area contributed by atoms with Crippen molar-refractivity contribution >= 4 is 18.0 Å². The average Bonchev–Trinajstić information content (AvgIpc) is 3.16. The molecule has 0 aromatic rings. The number of ether oxygens (including phenoxy) is 4. The third-order valence-electron chi connectivity index (χ3n) is 4.27. The summed E-state index contributed by atoms with van der Waals surface area (Å²) in [6.07, 6.45) is -4.39. The third-order valence-corrected chi connectivity index (χ3v) is 4.27. The van der Waals surface area contributed by atoms with Gasteiger partial charge in [-0.3, -0.25) is 15.5 Å². The average molecular weight is 388 g/mol. The van der Waals surface area contributed by atoms with E-state index in [9.17, 15) is 19.8 Å². The van der Waals surface area contributed by atoms with Crippen LogP contribution in [0.5, 0.6) is 0 Å². The molecule has 2 fully saturated rings. The van der Waals surface area contributed by atoms with Crippen LogP contribution in [0, 0.1) is 0 Å². The molecule has 27 heavy (non-hydrogen) atoms. The number of aliphatic hydroxyl groups is 2. The summed E-state index contributed by atoms with van der Waals surface area (Å²) in [5.41, 5.74) is 7.29. The molecule has 13 nitrogen and oxygen atoms in total. The van der Waals surface area contributed by atoms with Crippen LogP contribution >= 0.6 is 0 Å². The molecule has 13 heteroatoms. The number of nitrogens with zero attached hydrogens (tertiary/aromatic N) is 2. The first kappa shape index (κ1) is 19.3. The summed E-state index contributed by atoms with van der Waals surface area (Å²) in [4.78, 5) is 28.3. The van der Waals surface area contributed by atoms with E-state index in [0.717, 1.165) is 0 Å². The lowest BCUT2D eigenvalue weighted by Gasteiger charge is -2.33. The van der Waals surface area contributed by atoms with E-state index in [-0.39, 0.29) is 12.4 Å². The van der Waals surface area contributed by atoms with Crippen molar-refractivity contribution in [2.75, 3.05) is 6.61 Å². The van der Waals surface area contributed by atoms with E-state index >= 15 is 0 Å². The summed E-state index contributed by atoms with van der Waals surface area (Å²) in [7, 11) is 0. The molecule has 0 amide bonds. The summed E-state index contributed by atoms with van der Waals surface area (Å²) in [5, 5.41) is 28.3. The van der Waals surface area contributed by atoms with Gasteiger partial charge in [-0.1, -0.05) is 0 Å². The number of carbonyl (C=O) groups excluding carboxylic acids is 2. The summed E-state index contributed by atoms with van der Waals surface area (Å²) < 4.78 is 20.9. The lowest BCUT2D eigenvalue weighted by atomic mass is 10.1. The molecule has 7 atom stereocenters. The van der Waals surface area contributed by atoms with Crippen LogP contribution in [0.4, 0.5) is 4.79 Å². The summed E-state index contributed by atoms with van der Waals surface area (Å²) in [6, 6.07) is -1.23. The van der Waals surface area contributed by atoms with Crippen molar-refractivity contribution in [1.29, 1.82) is 0 Å². The minimum absolute atomic E-state index is 0.0190. The van der Waals surface area contributed by atoms with Crippen LogP contribution in [0.2, 0.25) is 0 Å². The van der Waals surface area contributed by atoms with Crippen LogP contribution in [-0.4, -0.2) is 87.9 Å². The Balaban J connectivity index is 1.68. The molecular weight excluding hydrogens is 368 g/mol. The van der Waals surface area contributed by atoms with E-state index in [1.807, 2.05) is 0 Å². The number of hydrogen-bond acceptors (Lipinski definition) is 13. The molecule has 3 rings (SSSR count). The van der Waals surface area contributed by atoms with E-state index in [1.54, 1.807) is 5.48 Å². The smallest absolute Gasteiger partial charge is 0.462 e. The van der Waals surface area contributed by atoms with Crippen molar-refractivity contribution in [3.63, 3.8) is 0 Å². The first-order chi connectivity index (χ1) is 12.8. The monoisotopic (exact) mass is 388 g/mol. The molecule has 0 aromatic carbocycles. The quantitative estimate of drug-likeness (QED) is 0.244. The molecule has 0 aromatic heterocycles. The van der Waals surface area contributed by atoms with Gasteiger partial charge in [0.25, 0.3) is 0 Å². The predicted molar refractivity (Wildman–Crippen MR) is 83.8 cm³/mol. The van der Waals surface area contributed by atoms with Gasteiger partial charge in [0, 0.05) is 6.20 Å². The Labute approximate surface area is 152 Å². The normalized spacial score (nSPS) is 34.3. The Kier molecular flexibility index (Phi) is 5.48. The molecule has 0 spiro atoms. The van der Waals surface area contributed by atoms with Crippen LogP contribution in [0.1, 0.15) is 6.92 Å². The first-order valence-corrected chi connectivity index (χ1v) is 8.06. The van der Waals surface area contributed by atoms with E-state index in [4.69, 9.17) is 29.9 Å². The van der Waals surface area contributed by atoms with Crippen LogP contribution < -0.4 is 11.2 Å². The van der Waals surface area contributed by atoms with E-state index in [0.29, 0.717) is 0 Å². The number of carbonyl (C=O) groups is 2. The van der Waals surface area contributed by atoms with Crippen molar-refractivity contribution in [3.05, 3.63) is 12.3 Å². The Morgan fingerprint density at radius 3 is 2.81 bits per heavy atom. The maximum absolute atomic E-state index is 11.8. The molecule has 6 N–H and O–H groups in total. The molecule has 3 aliphatic heterocycles. The molecule has 0 bridgehead atoms. The highest BCUT2D eigenvalue weighted by molar-refractivity contribution is 5.92. The lowest BCUT2D eigenvalue weighted by molar-refractivity contribution is -0.161. The number of nitrogens with two attached hydrogens (primary N) is 1. The second-order valence-electron chi connectivity index (χ2n) is 6.11. The van der Waals surface area contributed by atoms with Gasteiger partial charge in [0.15, 0.2) is 24.3 Å². The van der Waals surface area contributed by atoms with Crippen molar-refractivity contribution in [2.24, 2.45) is 10.7 Å². The van der Waals surface area contributed by atoms with Gasteiger partial charge >= 0.3 is 12.1 Å². The Hall–Kier alpha value is -2.45. The molecule has 2 saturated heterocycles. The van der Waals surface area contributed by atoms with Gasteiger partial charge < -0.3 is 39.8 Å². The standard InChI is InChI=1S/C14H20N4O9/c1-5(19)8(15)12(20)24-4-6-9-10(27-14(22)26-9)11(25-6)18-3-2-7(17-23)16-13(18)21/h2-3,5-6,8-11,13,19,21,23H,4,15H2,1H3,(H,16,17)/t5-,6+,8-,9+,10+,11+,13?/m0/s1. The second kappa shape index (κ2) is 7.66. The number of rotatable bonds is 5. The zero-order chi connectivity index (χ0) is 19.7. The lowest BCUT2D eigenvalue weighted by Crippen LogP contribution is -2.47. The highest BCUT2D eigenvalue weighted by Crippen LogP contribution is 2.35. The molecule has 0 radical (unpaired) electrons. The number of aliphatic hydroxyl groups excluding tert-OH is 2. The Morgan fingerprint density at radius 1 is 1.48 bits per heavy atom. The predicted octanol–water partition coefficient (Wildman–Crippen LogP) is -2.65. The maximum atomic E-state index is 11.8. The van der Waals surface area contributed by atoms with E-state index < -0.39 is 55.2 Å². The fraction of sp³-hybridized carbons (Fsp3) is 0.643. The number of hydrogen-bond donors (Lipinski definition) is 5. The SMILES string of the molecule is C[C@H](O)[C@H](N)C(=O)OC[C@H]1O[C@@H](N2C=CC(NO)=NC2O)[C@@H]2OC(=O)O[C@@H]21. The Morgan fingerprint density at radius 2 is 2.19 bits per heavy atom. The minimum Gasteiger partial charge on any atom is -0.462 e. The van der Waals surface area contributed by atoms with Gasteiger partial charge in [0.1, 0.15) is 18.8 Å². The van der Waals surface area contributed by atoms with E-state index in [2.05, 4.69) is 4.99 Å². The number of aliphatic imine (C=N–C) groups is 1. The van der Waals surface area contributed by atoms with Crippen molar-refractivity contribution in [1.82, 2.24) is 10.4 Å². The first-order valence-electron chi connectivity index (χ1n) is 8.06. The highest BCUT2D eigenvalue weighted by atomic mass is 16.8. The van der Waals surface area contributed by atoms with Crippen molar-refractivity contribution in [2.45, 2.75) is 50.0 Å². The van der Waals surface area contributed by atoms with Gasteiger partial charge in [-0.25, -0.2) is 9.79 Å². The topological polar surface area (TPSA) is 185 Å². The molecule has 0 saturated carbocycles. The molecule has 3 aliphatic rings. The van der Waals surface area contributed by atoms with Gasteiger partial charge in [-0.15, -0.1) is 0 Å². The number of amidine groups is 1. The summed E-state index contributed by atoms with van der Waals surface area (Å²) in [6.45, 7) is 1.03. The van der Waals surface area contributed by atoms with Gasteiger partial charge in [-0.05, 0) is 13.0 Å². The molecular formula is C14H20N4O9. The largest absolute Gasteiger partial charge is 0.509 e. The van der Waals surface area contributed by atoms with Crippen LogP contribution in [-0.2, 0) is 23.7 Å². The number of hydroxylamine groups is 1. The maximum Gasteiger partial charge on any atom is 0.509 e. The van der Waals surface area contributed by atoms with Gasteiger partial charge in [0.05, 0.1) is 6.10 Å². The fourth-order valence-electron chi connectivity index (χ4n) is 2.81. The zero-order valence-electron chi connectivity index (χ0n) is 14.2. The summed E-state index contributed by atoms with van der Waals surface area (Å²) in [5.74, 6) is -0.828. The zero-order valence-corrected chi connectivity index (χ0v) is 14.2. The molecule has 150 valence electrons. The fourth-order valence-corrected chi connectivity index (χ4v) is 2.81. The van der Waals surface area contributed by atoms with E-state index in [1.165, 1.54) is 24.1 Å². The number of fused-ring (bicyclic) bond motifs is 1.